The third kappa shape index (κ3) is 4.57. The van der Waals surface area contributed by atoms with Gasteiger partial charge in [0.15, 0.2) is 11.5 Å². The molecule has 0 radical (unpaired) electrons. The standard InChI is InChI=1S/C21H23IN2O4/c1-27-18-12-16(17(22)13-19(18)28-2)21(26)24-10-8-14(9-11-24)20(25)23-15-6-4-3-5-7-15/h3-7,12-14H,8-11H2,1-2H3,(H,23,25). The summed E-state index contributed by atoms with van der Waals surface area (Å²) < 4.78 is 11.4. The van der Waals surface area contributed by atoms with E-state index < -0.39 is 0 Å². The summed E-state index contributed by atoms with van der Waals surface area (Å²) in [5.41, 5.74) is 1.39. The molecule has 0 aliphatic carbocycles. The number of likely N-dealkylation sites (tertiary alicyclic amines) is 1. The van der Waals surface area contributed by atoms with Gasteiger partial charge in [-0.05, 0) is 59.7 Å². The molecule has 0 spiro atoms. The van der Waals surface area contributed by atoms with Crippen LogP contribution in [0.1, 0.15) is 23.2 Å². The van der Waals surface area contributed by atoms with Crippen LogP contribution in [0.5, 0.6) is 11.5 Å². The number of hydrogen-bond acceptors (Lipinski definition) is 4. The summed E-state index contributed by atoms with van der Waals surface area (Å²) in [6, 6.07) is 13.0. The smallest absolute Gasteiger partial charge is 0.255 e. The number of carbonyl (C=O) groups is 2. The molecule has 2 amide bonds. The van der Waals surface area contributed by atoms with Gasteiger partial charge < -0.3 is 19.7 Å². The van der Waals surface area contributed by atoms with Gasteiger partial charge in [-0.1, -0.05) is 18.2 Å². The van der Waals surface area contributed by atoms with Crippen molar-refractivity contribution in [2.24, 2.45) is 5.92 Å². The number of hydrogen-bond donors (Lipinski definition) is 1. The number of nitrogens with one attached hydrogen (secondary N) is 1. The van der Waals surface area contributed by atoms with Gasteiger partial charge in [0.25, 0.3) is 5.91 Å². The van der Waals surface area contributed by atoms with Gasteiger partial charge in [-0.2, -0.15) is 0 Å². The zero-order valence-electron chi connectivity index (χ0n) is 15.9. The van der Waals surface area contributed by atoms with Gasteiger partial charge >= 0.3 is 0 Å². The lowest BCUT2D eigenvalue weighted by Crippen LogP contribution is -2.41. The first kappa shape index (κ1) is 20.4. The Bertz CT molecular complexity index is 849. The third-order valence-electron chi connectivity index (χ3n) is 4.90. The number of benzene rings is 2. The molecule has 6 nitrogen and oxygen atoms in total. The molecule has 2 aromatic rings. The van der Waals surface area contributed by atoms with Crippen LogP contribution in [0, 0.1) is 9.49 Å². The van der Waals surface area contributed by atoms with Crippen LogP contribution < -0.4 is 14.8 Å². The summed E-state index contributed by atoms with van der Waals surface area (Å²) in [5.74, 6) is 1.00. The summed E-state index contributed by atoms with van der Waals surface area (Å²) in [6.07, 6.45) is 1.29. The first-order valence-electron chi connectivity index (χ1n) is 9.10. The van der Waals surface area contributed by atoms with Gasteiger partial charge in [0, 0.05) is 28.3 Å². The maximum atomic E-state index is 13.0. The van der Waals surface area contributed by atoms with E-state index in [0.29, 0.717) is 43.0 Å². The van der Waals surface area contributed by atoms with Gasteiger partial charge in [-0.15, -0.1) is 0 Å². The highest BCUT2D eigenvalue weighted by atomic mass is 127. The highest BCUT2D eigenvalue weighted by Crippen LogP contribution is 2.32. The number of para-hydroxylation sites is 1. The first-order valence-corrected chi connectivity index (χ1v) is 10.2. The van der Waals surface area contributed by atoms with Crippen LogP contribution in [0.4, 0.5) is 5.69 Å². The van der Waals surface area contributed by atoms with Crippen LogP contribution in [-0.4, -0.2) is 44.0 Å². The van der Waals surface area contributed by atoms with E-state index in [1.54, 1.807) is 31.3 Å². The van der Waals surface area contributed by atoms with E-state index in [2.05, 4.69) is 27.9 Å². The fourth-order valence-electron chi connectivity index (χ4n) is 3.30. The predicted octanol–water partition coefficient (Wildman–Crippen LogP) is 3.80. The number of methoxy groups -OCH3 is 2. The van der Waals surface area contributed by atoms with Gasteiger partial charge in [0.05, 0.1) is 19.8 Å². The van der Waals surface area contributed by atoms with Crippen LogP contribution >= 0.6 is 22.6 Å². The lowest BCUT2D eigenvalue weighted by atomic mass is 9.95. The van der Waals surface area contributed by atoms with Crippen molar-refractivity contribution >= 4 is 40.1 Å². The molecule has 0 unspecified atom stereocenters. The maximum absolute atomic E-state index is 13.0. The number of amides is 2. The van der Waals surface area contributed by atoms with Crippen molar-refractivity contribution in [1.82, 2.24) is 4.90 Å². The number of piperidine rings is 1. The Labute approximate surface area is 178 Å². The maximum Gasteiger partial charge on any atom is 0.255 e. The molecule has 1 aliphatic heterocycles. The average Bonchev–Trinajstić information content (AvgIpc) is 2.73. The third-order valence-corrected chi connectivity index (χ3v) is 5.79. The molecule has 7 heteroatoms. The topological polar surface area (TPSA) is 67.9 Å². The normalized spacial score (nSPS) is 14.5. The minimum absolute atomic E-state index is 0.0130. The van der Waals surface area contributed by atoms with Crippen LogP contribution in [0.2, 0.25) is 0 Å². The minimum Gasteiger partial charge on any atom is -0.493 e. The minimum atomic E-state index is -0.0891. The van der Waals surface area contributed by atoms with Gasteiger partial charge in [-0.3, -0.25) is 9.59 Å². The number of carbonyl (C=O) groups excluding carboxylic acids is 2. The highest BCUT2D eigenvalue weighted by molar-refractivity contribution is 14.1. The molecular weight excluding hydrogens is 471 g/mol. The quantitative estimate of drug-likeness (QED) is 0.643. The van der Waals surface area contributed by atoms with Gasteiger partial charge in [0.2, 0.25) is 5.91 Å². The SMILES string of the molecule is COc1cc(I)c(C(=O)N2CCC(C(=O)Nc3ccccc3)CC2)cc1OC. The average molecular weight is 494 g/mol. The van der Waals surface area contributed by atoms with Crippen molar-refractivity contribution in [3.05, 3.63) is 51.6 Å². The number of rotatable bonds is 5. The molecule has 1 N–H and O–H groups in total. The summed E-state index contributed by atoms with van der Waals surface area (Å²) in [6.45, 7) is 1.10. The molecule has 0 bridgehead atoms. The Morgan fingerprint density at radius 2 is 1.64 bits per heavy atom. The zero-order valence-corrected chi connectivity index (χ0v) is 18.1. The Morgan fingerprint density at radius 3 is 2.25 bits per heavy atom. The van der Waals surface area contributed by atoms with E-state index in [4.69, 9.17) is 9.47 Å². The highest BCUT2D eigenvalue weighted by Gasteiger charge is 2.29. The van der Waals surface area contributed by atoms with Gasteiger partial charge in [0.1, 0.15) is 0 Å². The zero-order chi connectivity index (χ0) is 20.1. The number of halogens is 1. The van der Waals surface area contributed by atoms with Crippen molar-refractivity contribution < 1.29 is 19.1 Å². The monoisotopic (exact) mass is 494 g/mol. The number of anilines is 1. The van der Waals surface area contributed by atoms with E-state index >= 15 is 0 Å². The molecule has 1 saturated heterocycles. The van der Waals surface area contributed by atoms with E-state index in [1.807, 2.05) is 30.3 Å². The lowest BCUT2D eigenvalue weighted by Gasteiger charge is -2.31. The van der Waals surface area contributed by atoms with Crippen LogP contribution in [0.15, 0.2) is 42.5 Å². The van der Waals surface area contributed by atoms with E-state index in [1.165, 1.54) is 0 Å². The molecule has 1 heterocycles. The molecule has 0 saturated carbocycles. The number of nitrogens with zero attached hydrogens (tertiary/aromatic N) is 1. The summed E-state index contributed by atoms with van der Waals surface area (Å²) in [4.78, 5) is 27.3. The van der Waals surface area contributed by atoms with E-state index in [9.17, 15) is 9.59 Å². The van der Waals surface area contributed by atoms with Crippen molar-refractivity contribution in [3.63, 3.8) is 0 Å². The second kappa shape index (κ2) is 9.27. The summed E-state index contributed by atoms with van der Waals surface area (Å²) in [7, 11) is 3.12. The summed E-state index contributed by atoms with van der Waals surface area (Å²) >= 11 is 2.13. The Kier molecular flexibility index (Phi) is 6.77. The lowest BCUT2D eigenvalue weighted by molar-refractivity contribution is -0.121. The van der Waals surface area contributed by atoms with Gasteiger partial charge in [-0.25, -0.2) is 0 Å². The van der Waals surface area contributed by atoms with Crippen LogP contribution in [0.25, 0.3) is 0 Å². The van der Waals surface area contributed by atoms with Crippen LogP contribution in [0.3, 0.4) is 0 Å². The van der Waals surface area contributed by atoms with Crippen molar-refractivity contribution in [1.29, 1.82) is 0 Å². The molecule has 1 aliphatic rings. The Morgan fingerprint density at radius 1 is 1.04 bits per heavy atom. The first-order chi connectivity index (χ1) is 13.5. The predicted molar refractivity (Wildman–Crippen MR) is 116 cm³/mol. The molecule has 2 aromatic carbocycles. The molecular formula is C21H23IN2O4. The molecule has 28 heavy (non-hydrogen) atoms. The van der Waals surface area contributed by atoms with Crippen LogP contribution in [-0.2, 0) is 4.79 Å². The van der Waals surface area contributed by atoms with Crippen molar-refractivity contribution in [3.8, 4) is 11.5 Å². The second-order valence-electron chi connectivity index (χ2n) is 6.61. The van der Waals surface area contributed by atoms with E-state index in [0.717, 1.165) is 9.26 Å². The molecule has 0 aromatic heterocycles. The molecule has 3 rings (SSSR count). The largest absolute Gasteiger partial charge is 0.493 e. The number of ether oxygens (including phenoxy) is 2. The van der Waals surface area contributed by atoms with Crippen molar-refractivity contribution in [2.75, 3.05) is 32.6 Å². The second-order valence-corrected chi connectivity index (χ2v) is 7.77. The molecule has 1 fully saturated rings. The fourth-order valence-corrected chi connectivity index (χ4v) is 3.97. The Balaban J connectivity index is 1.63. The molecule has 0 atom stereocenters. The molecule has 148 valence electrons. The Hall–Kier alpha value is -2.29. The fraction of sp³-hybridized carbons (Fsp3) is 0.333. The van der Waals surface area contributed by atoms with Crippen molar-refractivity contribution in [2.45, 2.75) is 12.8 Å². The van der Waals surface area contributed by atoms with E-state index in [-0.39, 0.29) is 17.7 Å². The summed E-state index contributed by atoms with van der Waals surface area (Å²) in [5, 5.41) is 2.95.